The fourth-order valence-corrected chi connectivity index (χ4v) is 4.73. The number of anilines is 1. The number of halogens is 1. The van der Waals surface area contributed by atoms with Gasteiger partial charge < -0.3 is 10.2 Å². The van der Waals surface area contributed by atoms with E-state index in [1.54, 1.807) is 11.3 Å². The van der Waals surface area contributed by atoms with Gasteiger partial charge in [-0.2, -0.15) is 0 Å². The molecule has 0 fully saturated rings. The molecule has 0 saturated heterocycles. The van der Waals surface area contributed by atoms with Gasteiger partial charge in [-0.15, -0.1) is 11.3 Å². The highest BCUT2D eigenvalue weighted by atomic mass is 35.5. The Morgan fingerprint density at radius 2 is 1.79 bits per heavy atom. The van der Waals surface area contributed by atoms with Crippen LogP contribution in [-0.2, 0) is 16.0 Å². The van der Waals surface area contributed by atoms with Crippen molar-refractivity contribution in [3.05, 3.63) is 87.1 Å². The van der Waals surface area contributed by atoms with E-state index < -0.39 is 0 Å². The third kappa shape index (κ3) is 4.52. The van der Waals surface area contributed by atoms with Crippen LogP contribution in [0.2, 0.25) is 5.02 Å². The Balaban J connectivity index is 1.47. The number of hydrogen-bond acceptors (Lipinski definition) is 3. The SMILES string of the molecule is O=C(CCC(=O)N1CCc2sccc2C1c1ccc(Cl)cc1)Nc1ccccc1. The smallest absolute Gasteiger partial charge is 0.224 e. The molecule has 1 aliphatic heterocycles. The number of fused-ring (bicyclic) bond motifs is 1. The molecule has 29 heavy (non-hydrogen) atoms. The topological polar surface area (TPSA) is 49.4 Å². The second kappa shape index (κ2) is 8.80. The maximum absolute atomic E-state index is 13.1. The van der Waals surface area contributed by atoms with Crippen LogP contribution in [0.4, 0.5) is 5.69 Å². The minimum atomic E-state index is -0.152. The van der Waals surface area contributed by atoms with E-state index in [1.807, 2.05) is 59.5 Å². The molecule has 148 valence electrons. The van der Waals surface area contributed by atoms with Gasteiger partial charge in [0, 0.05) is 35.0 Å². The molecule has 1 atom stereocenters. The summed E-state index contributed by atoms with van der Waals surface area (Å²) in [7, 11) is 0. The lowest BCUT2D eigenvalue weighted by atomic mass is 9.93. The number of thiophene rings is 1. The van der Waals surface area contributed by atoms with E-state index in [4.69, 9.17) is 11.6 Å². The highest BCUT2D eigenvalue weighted by molar-refractivity contribution is 7.10. The van der Waals surface area contributed by atoms with E-state index in [0.29, 0.717) is 11.6 Å². The third-order valence-corrected chi connectivity index (χ3v) is 6.34. The summed E-state index contributed by atoms with van der Waals surface area (Å²) in [6, 6.07) is 18.9. The van der Waals surface area contributed by atoms with Crippen molar-refractivity contribution in [2.75, 3.05) is 11.9 Å². The van der Waals surface area contributed by atoms with Crippen LogP contribution in [0, 0.1) is 0 Å². The van der Waals surface area contributed by atoms with E-state index in [9.17, 15) is 9.59 Å². The van der Waals surface area contributed by atoms with Gasteiger partial charge in [-0.1, -0.05) is 41.9 Å². The molecular formula is C23H21ClN2O2S. The zero-order chi connectivity index (χ0) is 20.2. The average Bonchev–Trinajstić information content (AvgIpc) is 3.22. The first-order valence-electron chi connectivity index (χ1n) is 9.58. The van der Waals surface area contributed by atoms with Gasteiger partial charge in [0.1, 0.15) is 0 Å². The number of carbonyl (C=O) groups excluding carboxylic acids is 2. The highest BCUT2D eigenvalue weighted by Gasteiger charge is 2.32. The van der Waals surface area contributed by atoms with Gasteiger partial charge in [-0.05, 0) is 53.3 Å². The maximum Gasteiger partial charge on any atom is 0.224 e. The first-order valence-corrected chi connectivity index (χ1v) is 10.8. The molecule has 1 aliphatic rings. The number of nitrogens with one attached hydrogen (secondary N) is 1. The van der Waals surface area contributed by atoms with Crippen molar-refractivity contribution >= 4 is 40.4 Å². The van der Waals surface area contributed by atoms with Crippen LogP contribution >= 0.6 is 22.9 Å². The van der Waals surface area contributed by atoms with Crippen LogP contribution in [0.15, 0.2) is 66.0 Å². The molecule has 4 rings (SSSR count). The van der Waals surface area contributed by atoms with Gasteiger partial charge in [0.15, 0.2) is 0 Å². The van der Waals surface area contributed by atoms with Crippen molar-refractivity contribution < 1.29 is 9.59 Å². The van der Waals surface area contributed by atoms with Gasteiger partial charge in [-0.25, -0.2) is 0 Å². The maximum atomic E-state index is 13.1. The minimum absolute atomic E-state index is 0.00925. The molecule has 2 aromatic carbocycles. The first kappa shape index (κ1) is 19.7. The number of para-hydroxylation sites is 1. The fraction of sp³-hybridized carbons (Fsp3) is 0.217. The monoisotopic (exact) mass is 424 g/mol. The number of hydrogen-bond donors (Lipinski definition) is 1. The van der Waals surface area contributed by atoms with Crippen molar-refractivity contribution in [3.8, 4) is 0 Å². The minimum Gasteiger partial charge on any atom is -0.331 e. The zero-order valence-corrected chi connectivity index (χ0v) is 17.4. The standard InChI is InChI=1S/C23H21ClN2O2S/c24-17-8-6-16(7-9-17)23-19-13-15-29-20(19)12-14-26(23)22(28)11-10-21(27)25-18-4-2-1-3-5-18/h1-9,13,15,23H,10-12,14H2,(H,25,27). The summed E-state index contributed by atoms with van der Waals surface area (Å²) in [6.45, 7) is 0.653. The number of amides is 2. The van der Waals surface area contributed by atoms with Gasteiger partial charge in [0.2, 0.25) is 11.8 Å². The van der Waals surface area contributed by atoms with E-state index in [2.05, 4.69) is 16.8 Å². The summed E-state index contributed by atoms with van der Waals surface area (Å²) in [4.78, 5) is 28.5. The van der Waals surface area contributed by atoms with Crippen molar-refractivity contribution in [1.29, 1.82) is 0 Å². The van der Waals surface area contributed by atoms with Crippen molar-refractivity contribution in [2.45, 2.75) is 25.3 Å². The van der Waals surface area contributed by atoms with Crippen molar-refractivity contribution in [2.24, 2.45) is 0 Å². The Morgan fingerprint density at radius 1 is 1.03 bits per heavy atom. The Kier molecular flexibility index (Phi) is 5.97. The molecule has 4 nitrogen and oxygen atoms in total. The summed E-state index contributed by atoms with van der Waals surface area (Å²) in [6.07, 6.45) is 1.19. The second-order valence-corrected chi connectivity index (χ2v) is 8.44. The molecule has 2 heterocycles. The number of benzene rings is 2. The van der Waals surface area contributed by atoms with Crippen LogP contribution in [-0.4, -0.2) is 23.3 Å². The first-order chi connectivity index (χ1) is 14.1. The summed E-state index contributed by atoms with van der Waals surface area (Å²) >= 11 is 7.79. The second-order valence-electron chi connectivity index (χ2n) is 7.00. The molecular weight excluding hydrogens is 404 g/mol. The van der Waals surface area contributed by atoms with Gasteiger partial charge in [-0.3, -0.25) is 9.59 Å². The highest BCUT2D eigenvalue weighted by Crippen LogP contribution is 2.38. The Morgan fingerprint density at radius 3 is 2.55 bits per heavy atom. The van der Waals surface area contributed by atoms with Crippen LogP contribution in [0.25, 0.3) is 0 Å². The van der Waals surface area contributed by atoms with Crippen LogP contribution in [0.3, 0.4) is 0 Å². The quantitative estimate of drug-likeness (QED) is 0.604. The van der Waals surface area contributed by atoms with E-state index in [-0.39, 0.29) is 30.7 Å². The molecule has 0 radical (unpaired) electrons. The molecule has 0 bridgehead atoms. The lowest BCUT2D eigenvalue weighted by Gasteiger charge is -2.36. The van der Waals surface area contributed by atoms with Crippen molar-refractivity contribution in [1.82, 2.24) is 4.90 Å². The Labute approximate surface area is 179 Å². The van der Waals surface area contributed by atoms with E-state index in [1.165, 1.54) is 10.4 Å². The fourth-order valence-electron chi connectivity index (χ4n) is 3.70. The Bertz CT molecular complexity index is 1000. The molecule has 0 spiro atoms. The normalized spacial score (nSPS) is 15.6. The molecule has 0 saturated carbocycles. The van der Waals surface area contributed by atoms with Crippen LogP contribution in [0.5, 0.6) is 0 Å². The van der Waals surface area contributed by atoms with Gasteiger partial charge in [0.25, 0.3) is 0 Å². The molecule has 1 aromatic heterocycles. The molecule has 6 heteroatoms. The van der Waals surface area contributed by atoms with Crippen molar-refractivity contribution in [3.63, 3.8) is 0 Å². The number of rotatable bonds is 5. The van der Waals surface area contributed by atoms with E-state index >= 15 is 0 Å². The van der Waals surface area contributed by atoms with Crippen LogP contribution in [0.1, 0.15) is 34.9 Å². The number of nitrogens with zero attached hydrogens (tertiary/aromatic N) is 1. The zero-order valence-electron chi connectivity index (χ0n) is 15.8. The van der Waals surface area contributed by atoms with Gasteiger partial charge in [0.05, 0.1) is 6.04 Å². The molecule has 2 amide bonds. The molecule has 1 N–H and O–H groups in total. The molecule has 0 aliphatic carbocycles. The van der Waals surface area contributed by atoms with Crippen LogP contribution < -0.4 is 5.32 Å². The largest absolute Gasteiger partial charge is 0.331 e. The summed E-state index contributed by atoms with van der Waals surface area (Å²) in [5.41, 5.74) is 2.95. The predicted octanol–water partition coefficient (Wildman–Crippen LogP) is 5.29. The molecule has 1 unspecified atom stereocenters. The number of carbonyl (C=O) groups is 2. The third-order valence-electron chi connectivity index (χ3n) is 5.10. The predicted molar refractivity (Wildman–Crippen MR) is 117 cm³/mol. The molecule has 3 aromatic rings. The lowest BCUT2D eigenvalue weighted by Crippen LogP contribution is -2.40. The Hall–Kier alpha value is -2.63. The lowest BCUT2D eigenvalue weighted by molar-refractivity contribution is -0.134. The summed E-state index contributed by atoms with van der Waals surface area (Å²) < 4.78 is 0. The summed E-state index contributed by atoms with van der Waals surface area (Å²) in [5.74, 6) is -0.161. The summed E-state index contributed by atoms with van der Waals surface area (Å²) in [5, 5.41) is 5.59. The van der Waals surface area contributed by atoms with Gasteiger partial charge >= 0.3 is 0 Å². The average molecular weight is 425 g/mol. The van der Waals surface area contributed by atoms with E-state index in [0.717, 1.165) is 17.7 Å².